The van der Waals surface area contributed by atoms with Gasteiger partial charge < -0.3 is 9.42 Å². The minimum Gasteiger partial charge on any atom is -0.361 e. The van der Waals surface area contributed by atoms with Crippen LogP contribution >= 0.6 is 0 Å². The molecule has 3 aromatic rings. The Labute approximate surface area is 144 Å². The predicted octanol–water partition coefficient (Wildman–Crippen LogP) is 2.22. The summed E-state index contributed by atoms with van der Waals surface area (Å²) in [6, 6.07) is 6.44. The van der Waals surface area contributed by atoms with E-state index in [1.807, 2.05) is 19.9 Å². The smallest absolute Gasteiger partial charge is 0.261 e. The largest absolute Gasteiger partial charge is 0.361 e. The van der Waals surface area contributed by atoms with Gasteiger partial charge in [0, 0.05) is 12.6 Å². The van der Waals surface area contributed by atoms with Crippen molar-refractivity contribution in [1.29, 1.82) is 0 Å². The summed E-state index contributed by atoms with van der Waals surface area (Å²) in [7, 11) is 1.70. The molecule has 7 nitrogen and oxygen atoms in total. The van der Waals surface area contributed by atoms with Crippen molar-refractivity contribution in [3.63, 3.8) is 0 Å². The number of nitrogens with zero attached hydrogens (tertiary/aromatic N) is 4. The highest BCUT2D eigenvalue weighted by Crippen LogP contribution is 2.17. The van der Waals surface area contributed by atoms with Crippen molar-refractivity contribution in [2.75, 3.05) is 7.05 Å². The van der Waals surface area contributed by atoms with Gasteiger partial charge in [0.2, 0.25) is 5.91 Å². The second-order valence-electron chi connectivity index (χ2n) is 6.15. The third-order valence-electron chi connectivity index (χ3n) is 4.42. The summed E-state index contributed by atoms with van der Waals surface area (Å²) in [5.41, 5.74) is 2.03. The number of rotatable bonds is 4. The van der Waals surface area contributed by atoms with Gasteiger partial charge in [0.15, 0.2) is 0 Å². The van der Waals surface area contributed by atoms with E-state index in [1.165, 1.54) is 10.9 Å². The van der Waals surface area contributed by atoms with Gasteiger partial charge in [-0.25, -0.2) is 4.98 Å². The Balaban J connectivity index is 1.87. The second kappa shape index (κ2) is 6.51. The number of amides is 1. The van der Waals surface area contributed by atoms with E-state index in [2.05, 4.69) is 10.1 Å². The Kier molecular flexibility index (Phi) is 4.39. The fourth-order valence-electron chi connectivity index (χ4n) is 2.84. The van der Waals surface area contributed by atoms with Gasteiger partial charge in [0.1, 0.15) is 11.8 Å². The van der Waals surface area contributed by atoms with E-state index in [1.54, 1.807) is 37.1 Å². The van der Waals surface area contributed by atoms with Crippen molar-refractivity contribution in [3.05, 3.63) is 58.0 Å². The molecule has 7 heteroatoms. The van der Waals surface area contributed by atoms with Crippen molar-refractivity contribution in [2.24, 2.45) is 0 Å². The maximum Gasteiger partial charge on any atom is 0.261 e. The normalized spacial score (nSPS) is 12.3. The van der Waals surface area contributed by atoms with Gasteiger partial charge in [-0.15, -0.1) is 0 Å². The number of benzene rings is 1. The molecule has 2 heterocycles. The molecule has 0 aliphatic rings. The molecular formula is C18H20N4O3. The van der Waals surface area contributed by atoms with E-state index in [0.717, 1.165) is 11.3 Å². The molecule has 0 radical (unpaired) electrons. The summed E-state index contributed by atoms with van der Waals surface area (Å²) in [4.78, 5) is 31.3. The Hall–Kier alpha value is -2.96. The summed E-state index contributed by atoms with van der Waals surface area (Å²) in [5, 5.41) is 4.40. The van der Waals surface area contributed by atoms with Gasteiger partial charge in [-0.1, -0.05) is 17.3 Å². The highest BCUT2D eigenvalue weighted by atomic mass is 16.5. The van der Waals surface area contributed by atoms with E-state index in [4.69, 9.17) is 4.52 Å². The van der Waals surface area contributed by atoms with E-state index < -0.39 is 6.04 Å². The van der Waals surface area contributed by atoms with Gasteiger partial charge in [0.25, 0.3) is 5.56 Å². The van der Waals surface area contributed by atoms with Gasteiger partial charge in [-0.3, -0.25) is 14.2 Å². The molecule has 0 aliphatic heterocycles. The van der Waals surface area contributed by atoms with E-state index >= 15 is 0 Å². The number of aromatic nitrogens is 3. The molecule has 0 unspecified atom stereocenters. The number of hydrogen-bond acceptors (Lipinski definition) is 5. The topological polar surface area (TPSA) is 81.2 Å². The number of para-hydroxylation sites is 1. The summed E-state index contributed by atoms with van der Waals surface area (Å²) < 4.78 is 6.50. The van der Waals surface area contributed by atoms with Gasteiger partial charge in [-0.2, -0.15) is 0 Å². The minimum atomic E-state index is -0.657. The van der Waals surface area contributed by atoms with Crippen LogP contribution in [0, 0.1) is 13.8 Å². The quantitative estimate of drug-likeness (QED) is 0.727. The number of carbonyl (C=O) groups is 1. The predicted molar refractivity (Wildman–Crippen MR) is 93.2 cm³/mol. The first-order valence-corrected chi connectivity index (χ1v) is 8.02. The van der Waals surface area contributed by atoms with Crippen LogP contribution < -0.4 is 5.56 Å². The number of carbonyl (C=O) groups excluding carboxylic acids is 1. The van der Waals surface area contributed by atoms with Crippen LogP contribution in [-0.2, 0) is 11.3 Å². The molecule has 1 atom stereocenters. The first-order valence-electron chi connectivity index (χ1n) is 8.02. The summed E-state index contributed by atoms with van der Waals surface area (Å²) in [5.74, 6) is 0.508. The lowest BCUT2D eigenvalue weighted by molar-refractivity contribution is -0.133. The van der Waals surface area contributed by atoms with Crippen LogP contribution in [0.1, 0.15) is 30.0 Å². The minimum absolute atomic E-state index is 0.181. The van der Waals surface area contributed by atoms with Crippen molar-refractivity contribution < 1.29 is 9.32 Å². The summed E-state index contributed by atoms with van der Waals surface area (Å²) in [6.07, 6.45) is 1.43. The van der Waals surface area contributed by atoms with Crippen LogP contribution in [0.4, 0.5) is 0 Å². The molecule has 2 aromatic heterocycles. The van der Waals surface area contributed by atoms with E-state index in [9.17, 15) is 9.59 Å². The van der Waals surface area contributed by atoms with Crippen molar-refractivity contribution >= 4 is 16.8 Å². The molecule has 1 amide bonds. The lowest BCUT2D eigenvalue weighted by Gasteiger charge is -2.22. The van der Waals surface area contributed by atoms with Gasteiger partial charge in [0.05, 0.1) is 29.5 Å². The SMILES string of the molecule is Cc1noc(C)c1CN(C)C(=O)[C@H](C)n1cnc2ccccc2c1=O. The van der Waals surface area contributed by atoms with Crippen LogP contribution in [0.5, 0.6) is 0 Å². The molecule has 0 N–H and O–H groups in total. The highest BCUT2D eigenvalue weighted by molar-refractivity contribution is 5.81. The van der Waals surface area contributed by atoms with E-state index in [-0.39, 0.29) is 11.5 Å². The molecule has 0 saturated heterocycles. The fourth-order valence-corrected chi connectivity index (χ4v) is 2.84. The maximum atomic E-state index is 12.8. The number of hydrogen-bond donors (Lipinski definition) is 0. The lowest BCUT2D eigenvalue weighted by Crippen LogP contribution is -2.37. The highest BCUT2D eigenvalue weighted by Gasteiger charge is 2.23. The molecule has 0 saturated carbocycles. The van der Waals surface area contributed by atoms with Gasteiger partial charge in [-0.05, 0) is 32.9 Å². The van der Waals surface area contributed by atoms with Crippen LogP contribution in [0.15, 0.2) is 39.9 Å². The molecule has 0 spiro atoms. The monoisotopic (exact) mass is 340 g/mol. The zero-order valence-electron chi connectivity index (χ0n) is 14.7. The Morgan fingerprint density at radius 2 is 2.04 bits per heavy atom. The molecule has 3 rings (SSSR count). The molecule has 130 valence electrons. The fraction of sp³-hybridized carbons (Fsp3) is 0.333. The van der Waals surface area contributed by atoms with Crippen molar-refractivity contribution in [3.8, 4) is 0 Å². The first kappa shape index (κ1) is 16.9. The Morgan fingerprint density at radius 3 is 2.72 bits per heavy atom. The molecule has 0 bridgehead atoms. The second-order valence-corrected chi connectivity index (χ2v) is 6.15. The zero-order valence-corrected chi connectivity index (χ0v) is 14.7. The van der Waals surface area contributed by atoms with Crippen molar-refractivity contribution in [2.45, 2.75) is 33.4 Å². The molecule has 25 heavy (non-hydrogen) atoms. The van der Waals surface area contributed by atoms with Crippen LogP contribution in [0.25, 0.3) is 10.9 Å². The number of likely N-dealkylation sites (N-methyl/N-ethyl adjacent to an activating group) is 1. The van der Waals surface area contributed by atoms with Crippen LogP contribution in [-0.4, -0.2) is 32.6 Å². The molecule has 0 aliphatic carbocycles. The standard InChI is InChI=1S/C18H20N4O3/c1-11-15(13(3)25-20-11)9-21(4)17(23)12(2)22-10-19-16-8-6-5-7-14(16)18(22)24/h5-8,10,12H,9H2,1-4H3/t12-/m0/s1. The average Bonchev–Trinajstić information content (AvgIpc) is 2.93. The van der Waals surface area contributed by atoms with E-state index in [0.29, 0.717) is 23.2 Å². The summed E-state index contributed by atoms with van der Waals surface area (Å²) >= 11 is 0. The third-order valence-corrected chi connectivity index (χ3v) is 4.42. The average molecular weight is 340 g/mol. The van der Waals surface area contributed by atoms with Crippen LogP contribution in [0.3, 0.4) is 0 Å². The molecular weight excluding hydrogens is 320 g/mol. The Morgan fingerprint density at radius 1 is 1.32 bits per heavy atom. The van der Waals surface area contributed by atoms with Gasteiger partial charge >= 0.3 is 0 Å². The first-order chi connectivity index (χ1) is 11.9. The summed E-state index contributed by atoms with van der Waals surface area (Å²) in [6.45, 7) is 5.73. The number of fused-ring (bicyclic) bond motifs is 1. The van der Waals surface area contributed by atoms with Crippen molar-refractivity contribution in [1.82, 2.24) is 19.6 Å². The lowest BCUT2D eigenvalue weighted by atomic mass is 10.2. The number of aryl methyl sites for hydroxylation is 2. The maximum absolute atomic E-state index is 12.8. The molecule has 1 aromatic carbocycles. The third kappa shape index (κ3) is 3.05. The molecule has 0 fully saturated rings. The zero-order chi connectivity index (χ0) is 18.1. The Bertz CT molecular complexity index is 970. The van der Waals surface area contributed by atoms with Crippen LogP contribution in [0.2, 0.25) is 0 Å².